The van der Waals surface area contributed by atoms with Crippen molar-refractivity contribution >= 4 is 11.8 Å². The third-order valence-corrected chi connectivity index (χ3v) is 5.44. The summed E-state index contributed by atoms with van der Waals surface area (Å²) in [6, 6.07) is 8.33. The molecule has 2 aliphatic heterocycles. The van der Waals surface area contributed by atoms with Gasteiger partial charge >= 0.3 is 0 Å². The smallest absolute Gasteiger partial charge is 0.254 e. The molecule has 2 unspecified atom stereocenters. The highest BCUT2D eigenvalue weighted by molar-refractivity contribution is 5.94. The summed E-state index contributed by atoms with van der Waals surface area (Å²) in [5.74, 6) is 0.242. The minimum atomic E-state index is 0.0770. The van der Waals surface area contributed by atoms with Gasteiger partial charge in [0, 0.05) is 51.3 Å². The molecule has 2 saturated heterocycles. The predicted octanol–water partition coefficient (Wildman–Crippen LogP) is 2.04. The summed E-state index contributed by atoms with van der Waals surface area (Å²) in [5.41, 5.74) is 1.90. The van der Waals surface area contributed by atoms with Crippen molar-refractivity contribution < 1.29 is 14.3 Å². The number of hydrogen-bond donors (Lipinski definition) is 1. The highest BCUT2D eigenvalue weighted by Crippen LogP contribution is 2.16. The molecule has 0 saturated carbocycles. The van der Waals surface area contributed by atoms with Crippen LogP contribution in [0.3, 0.4) is 0 Å². The van der Waals surface area contributed by atoms with Crippen molar-refractivity contribution in [2.75, 3.05) is 26.2 Å². The number of nitrogens with zero attached hydrogens (tertiary/aromatic N) is 2. The first kappa shape index (κ1) is 19.8. The molecule has 0 radical (unpaired) electrons. The monoisotopic (exact) mass is 373 g/mol. The molecule has 0 bridgehead atoms. The van der Waals surface area contributed by atoms with Gasteiger partial charge in [-0.2, -0.15) is 0 Å². The molecule has 27 heavy (non-hydrogen) atoms. The number of amides is 2. The van der Waals surface area contributed by atoms with Gasteiger partial charge in [0.1, 0.15) is 0 Å². The van der Waals surface area contributed by atoms with E-state index in [1.54, 1.807) is 6.92 Å². The van der Waals surface area contributed by atoms with E-state index in [1.165, 1.54) is 5.56 Å². The van der Waals surface area contributed by atoms with E-state index < -0.39 is 0 Å². The molecule has 2 amide bonds. The first-order valence-corrected chi connectivity index (χ1v) is 9.95. The molecule has 6 heteroatoms. The minimum Gasteiger partial charge on any atom is -0.372 e. The van der Waals surface area contributed by atoms with E-state index in [0.717, 1.165) is 38.0 Å². The van der Waals surface area contributed by atoms with Gasteiger partial charge in [0.25, 0.3) is 5.91 Å². The van der Waals surface area contributed by atoms with Crippen molar-refractivity contribution in [2.24, 2.45) is 0 Å². The predicted molar refractivity (Wildman–Crippen MR) is 104 cm³/mol. The molecule has 0 aliphatic carbocycles. The number of nitrogens with one attached hydrogen (secondary N) is 1. The lowest BCUT2D eigenvalue weighted by Gasteiger charge is -2.35. The molecule has 2 atom stereocenters. The summed E-state index contributed by atoms with van der Waals surface area (Å²) < 4.78 is 5.71. The lowest BCUT2D eigenvalue weighted by molar-refractivity contribution is -0.129. The normalized spacial score (nSPS) is 24.1. The fourth-order valence-electron chi connectivity index (χ4n) is 3.95. The Morgan fingerprint density at radius 1 is 1.04 bits per heavy atom. The van der Waals surface area contributed by atoms with Crippen LogP contribution in [0.4, 0.5) is 0 Å². The molecule has 2 fully saturated rings. The summed E-state index contributed by atoms with van der Waals surface area (Å²) in [4.78, 5) is 27.9. The topological polar surface area (TPSA) is 61.9 Å². The lowest BCUT2D eigenvalue weighted by atomic mass is 10.0. The first-order chi connectivity index (χ1) is 12.9. The maximum absolute atomic E-state index is 12.7. The number of ether oxygens (including phenoxy) is 1. The number of rotatable bonds is 4. The van der Waals surface area contributed by atoms with Crippen molar-refractivity contribution in [2.45, 2.75) is 58.4 Å². The molecule has 1 aromatic carbocycles. The van der Waals surface area contributed by atoms with Crippen LogP contribution in [0.2, 0.25) is 0 Å². The van der Waals surface area contributed by atoms with Gasteiger partial charge in [0.05, 0.1) is 12.2 Å². The van der Waals surface area contributed by atoms with E-state index in [9.17, 15) is 9.59 Å². The van der Waals surface area contributed by atoms with Gasteiger partial charge in [-0.1, -0.05) is 12.1 Å². The number of carbonyl (C=O) groups excluding carboxylic acids is 2. The Balaban J connectivity index is 1.49. The van der Waals surface area contributed by atoms with Crippen molar-refractivity contribution in [1.82, 2.24) is 15.1 Å². The molecule has 6 nitrogen and oxygen atoms in total. The molecule has 2 heterocycles. The fourth-order valence-corrected chi connectivity index (χ4v) is 3.95. The molecule has 3 rings (SSSR count). The van der Waals surface area contributed by atoms with E-state index in [4.69, 9.17) is 4.74 Å². The Labute approximate surface area is 161 Å². The number of carbonyl (C=O) groups is 2. The van der Waals surface area contributed by atoms with Crippen LogP contribution in [-0.2, 0) is 16.1 Å². The second kappa shape index (κ2) is 8.85. The maximum Gasteiger partial charge on any atom is 0.254 e. The summed E-state index contributed by atoms with van der Waals surface area (Å²) in [5, 5.41) is 3.57. The van der Waals surface area contributed by atoms with Crippen LogP contribution in [0.1, 0.15) is 49.5 Å². The van der Waals surface area contributed by atoms with Crippen LogP contribution in [-0.4, -0.2) is 66.0 Å². The van der Waals surface area contributed by atoms with Crippen molar-refractivity contribution in [3.05, 3.63) is 35.4 Å². The lowest BCUT2D eigenvalue weighted by Crippen LogP contribution is -2.48. The van der Waals surface area contributed by atoms with Crippen LogP contribution >= 0.6 is 0 Å². The zero-order valence-electron chi connectivity index (χ0n) is 16.6. The summed E-state index contributed by atoms with van der Waals surface area (Å²) in [7, 11) is 0. The molecular formula is C21H31N3O3. The Morgan fingerprint density at radius 2 is 1.63 bits per heavy atom. The Morgan fingerprint density at radius 3 is 2.19 bits per heavy atom. The highest BCUT2D eigenvalue weighted by atomic mass is 16.5. The average Bonchev–Trinajstić information content (AvgIpc) is 2.66. The van der Waals surface area contributed by atoms with Gasteiger partial charge in [0.15, 0.2) is 0 Å². The van der Waals surface area contributed by atoms with E-state index in [-0.39, 0.29) is 24.0 Å². The van der Waals surface area contributed by atoms with E-state index in [1.807, 2.05) is 47.9 Å². The molecule has 0 spiro atoms. The zero-order valence-corrected chi connectivity index (χ0v) is 16.6. The van der Waals surface area contributed by atoms with Crippen molar-refractivity contribution in [3.8, 4) is 0 Å². The number of benzene rings is 1. The molecular weight excluding hydrogens is 342 g/mol. The van der Waals surface area contributed by atoms with Gasteiger partial charge in [0.2, 0.25) is 5.91 Å². The molecule has 1 aromatic rings. The van der Waals surface area contributed by atoms with Gasteiger partial charge < -0.3 is 19.9 Å². The number of likely N-dealkylation sites (tertiary alicyclic amines) is 1. The third kappa shape index (κ3) is 5.30. The quantitative estimate of drug-likeness (QED) is 0.877. The summed E-state index contributed by atoms with van der Waals surface area (Å²) in [6.45, 7) is 9.38. The van der Waals surface area contributed by atoms with Gasteiger partial charge in [-0.15, -0.1) is 0 Å². The van der Waals surface area contributed by atoms with Gasteiger partial charge in [-0.05, 0) is 44.4 Å². The molecule has 148 valence electrons. The molecule has 1 N–H and O–H groups in total. The highest BCUT2D eigenvalue weighted by Gasteiger charge is 2.26. The van der Waals surface area contributed by atoms with Crippen molar-refractivity contribution in [1.29, 1.82) is 0 Å². The Kier molecular flexibility index (Phi) is 6.50. The van der Waals surface area contributed by atoms with Crippen molar-refractivity contribution in [3.63, 3.8) is 0 Å². The Bertz CT molecular complexity index is 643. The van der Waals surface area contributed by atoms with E-state index in [2.05, 4.69) is 5.32 Å². The van der Waals surface area contributed by atoms with Crippen LogP contribution in [0.15, 0.2) is 24.3 Å². The second-order valence-electron chi connectivity index (χ2n) is 7.83. The van der Waals surface area contributed by atoms with E-state index in [0.29, 0.717) is 19.1 Å². The molecule has 2 aliphatic rings. The second-order valence-corrected chi connectivity index (χ2v) is 7.83. The van der Waals surface area contributed by atoms with Crippen LogP contribution < -0.4 is 5.32 Å². The van der Waals surface area contributed by atoms with Crippen LogP contribution in [0, 0.1) is 0 Å². The SMILES string of the molecule is CC(=O)N1CCC(NCc2ccc(C(=O)N3CC(C)OC(C)C3)cc2)CC1. The van der Waals surface area contributed by atoms with Crippen LogP contribution in [0.25, 0.3) is 0 Å². The number of piperidine rings is 1. The average molecular weight is 373 g/mol. The summed E-state index contributed by atoms with van der Waals surface area (Å²) in [6.07, 6.45) is 2.14. The van der Waals surface area contributed by atoms with Gasteiger partial charge in [-0.25, -0.2) is 0 Å². The minimum absolute atomic E-state index is 0.0770. The van der Waals surface area contributed by atoms with E-state index >= 15 is 0 Å². The largest absolute Gasteiger partial charge is 0.372 e. The standard InChI is InChI=1S/C21H31N3O3/c1-15-13-24(14-16(2)27-15)21(26)19-6-4-18(5-7-19)12-22-20-8-10-23(11-9-20)17(3)25/h4-7,15-16,20,22H,8-14H2,1-3H3. The fraction of sp³-hybridized carbons (Fsp3) is 0.619. The summed E-state index contributed by atoms with van der Waals surface area (Å²) >= 11 is 0. The number of hydrogen-bond acceptors (Lipinski definition) is 4. The first-order valence-electron chi connectivity index (χ1n) is 9.95. The number of morpholine rings is 1. The third-order valence-electron chi connectivity index (χ3n) is 5.44. The Hall–Kier alpha value is -1.92. The maximum atomic E-state index is 12.7. The van der Waals surface area contributed by atoms with Gasteiger partial charge in [-0.3, -0.25) is 9.59 Å². The molecule has 0 aromatic heterocycles. The van der Waals surface area contributed by atoms with Crippen LogP contribution in [0.5, 0.6) is 0 Å². The zero-order chi connectivity index (χ0) is 19.4.